The van der Waals surface area contributed by atoms with Crippen LogP contribution in [0, 0.1) is 0 Å². The number of nitrogens with zero attached hydrogens (tertiary/aromatic N) is 2. The number of carbonyl (C=O) groups is 1. The van der Waals surface area contributed by atoms with Crippen molar-refractivity contribution in [3.05, 3.63) is 60.2 Å². The Balaban J connectivity index is 1.51. The van der Waals surface area contributed by atoms with Gasteiger partial charge in [-0.15, -0.1) is 0 Å². The molecule has 0 aromatic heterocycles. The van der Waals surface area contributed by atoms with Crippen molar-refractivity contribution in [3.63, 3.8) is 0 Å². The van der Waals surface area contributed by atoms with Gasteiger partial charge < -0.3 is 15.2 Å². The molecule has 1 aliphatic rings. The molecule has 1 heterocycles. The number of ether oxygens (including phenoxy) is 1. The quantitative estimate of drug-likeness (QED) is 0.445. The Hall–Kier alpha value is -2.51. The Morgan fingerprint density at radius 2 is 1.62 bits per heavy atom. The Morgan fingerprint density at radius 3 is 2.18 bits per heavy atom. The minimum Gasteiger partial charge on any atom is -0.489 e. The van der Waals surface area contributed by atoms with Crippen molar-refractivity contribution in [3.8, 4) is 5.75 Å². The maximum Gasteiger partial charge on any atom is 0.322 e. The first-order valence-corrected chi connectivity index (χ1v) is 14.2. The zero-order valence-electron chi connectivity index (χ0n) is 18.8. The number of carboxylic acids is 1. The predicted octanol–water partition coefficient (Wildman–Crippen LogP) is 0.617. The van der Waals surface area contributed by atoms with Gasteiger partial charge >= 0.3 is 5.97 Å². The molecule has 0 spiro atoms. The van der Waals surface area contributed by atoms with Crippen molar-refractivity contribution < 1.29 is 31.5 Å². The van der Waals surface area contributed by atoms with E-state index in [1.807, 2.05) is 30.3 Å². The lowest BCUT2D eigenvalue weighted by Crippen LogP contribution is -2.56. The van der Waals surface area contributed by atoms with Crippen LogP contribution in [0.1, 0.15) is 5.56 Å². The summed E-state index contributed by atoms with van der Waals surface area (Å²) in [6.45, 7) is 1.17. The lowest BCUT2D eigenvalue weighted by atomic mass is 10.2. The van der Waals surface area contributed by atoms with Gasteiger partial charge in [0.1, 0.15) is 24.3 Å². The normalized spacial score (nSPS) is 16.7. The number of benzene rings is 2. The standard InChI is InChI=1S/C22H29N3O7S2/c1-33(28,29)25-13-11-24(12-14-25)21(22(26)27)15-23-17-34(30,31)20-9-7-19(8-10-20)32-16-18-5-3-2-4-6-18/h2-10,21,23H,11-17H2,1H3,(H,26,27). The number of carboxylic acid groups (broad SMARTS) is 1. The highest BCUT2D eigenvalue weighted by atomic mass is 32.2. The zero-order chi connectivity index (χ0) is 24.8. The molecule has 0 amide bonds. The fourth-order valence-electron chi connectivity index (χ4n) is 3.62. The van der Waals surface area contributed by atoms with Crippen molar-refractivity contribution in [2.75, 3.05) is 44.9 Å². The van der Waals surface area contributed by atoms with Gasteiger partial charge in [-0.05, 0) is 29.8 Å². The predicted molar refractivity (Wildman–Crippen MR) is 127 cm³/mol. The third-order valence-electron chi connectivity index (χ3n) is 5.53. The molecular weight excluding hydrogens is 482 g/mol. The van der Waals surface area contributed by atoms with Crippen LogP contribution in [0.25, 0.3) is 0 Å². The highest BCUT2D eigenvalue weighted by Crippen LogP contribution is 2.18. The van der Waals surface area contributed by atoms with Crippen LogP contribution in [0.15, 0.2) is 59.5 Å². The second-order valence-electron chi connectivity index (χ2n) is 8.01. The smallest absolute Gasteiger partial charge is 0.322 e. The van der Waals surface area contributed by atoms with Gasteiger partial charge in [0.25, 0.3) is 0 Å². The number of hydrogen-bond donors (Lipinski definition) is 2. The molecule has 1 fully saturated rings. The van der Waals surface area contributed by atoms with E-state index in [0.717, 1.165) is 11.8 Å². The van der Waals surface area contributed by atoms with Crippen LogP contribution >= 0.6 is 0 Å². The van der Waals surface area contributed by atoms with Gasteiger partial charge in [-0.25, -0.2) is 16.8 Å². The number of sulfone groups is 1. The zero-order valence-corrected chi connectivity index (χ0v) is 20.5. The first kappa shape index (κ1) is 26.1. The topological polar surface area (TPSA) is 133 Å². The first-order valence-electron chi connectivity index (χ1n) is 10.7. The van der Waals surface area contributed by atoms with Crippen molar-refractivity contribution in [1.82, 2.24) is 14.5 Å². The second-order valence-corrected chi connectivity index (χ2v) is 12.0. The summed E-state index contributed by atoms with van der Waals surface area (Å²) < 4.78 is 55.6. The first-order chi connectivity index (χ1) is 16.1. The van der Waals surface area contributed by atoms with E-state index in [4.69, 9.17) is 4.74 Å². The summed E-state index contributed by atoms with van der Waals surface area (Å²) in [5.41, 5.74) is 0.995. The second kappa shape index (κ2) is 11.3. The summed E-state index contributed by atoms with van der Waals surface area (Å²) in [6.07, 6.45) is 1.12. The lowest BCUT2D eigenvalue weighted by Gasteiger charge is -2.36. The van der Waals surface area contributed by atoms with Crippen LogP contribution in [-0.4, -0.2) is 88.0 Å². The highest BCUT2D eigenvalue weighted by Gasteiger charge is 2.31. The average molecular weight is 512 g/mol. The summed E-state index contributed by atoms with van der Waals surface area (Å²) >= 11 is 0. The summed E-state index contributed by atoms with van der Waals surface area (Å²) in [6, 6.07) is 14.7. The number of sulfonamides is 1. The molecular formula is C22H29N3O7S2. The van der Waals surface area contributed by atoms with Crippen LogP contribution < -0.4 is 10.1 Å². The van der Waals surface area contributed by atoms with E-state index >= 15 is 0 Å². The third-order valence-corrected chi connectivity index (χ3v) is 8.41. The molecule has 3 rings (SSSR count). The van der Waals surface area contributed by atoms with Crippen molar-refractivity contribution in [1.29, 1.82) is 0 Å². The molecule has 2 aromatic carbocycles. The van der Waals surface area contributed by atoms with Crippen LogP contribution in [0.2, 0.25) is 0 Å². The molecule has 10 nitrogen and oxygen atoms in total. The maximum absolute atomic E-state index is 12.7. The number of rotatable bonds is 11. The van der Waals surface area contributed by atoms with Gasteiger partial charge in [-0.1, -0.05) is 30.3 Å². The Morgan fingerprint density at radius 1 is 1.00 bits per heavy atom. The Labute approximate surface area is 200 Å². The lowest BCUT2D eigenvalue weighted by molar-refractivity contribution is -0.143. The molecule has 0 saturated carbocycles. The Bertz CT molecular complexity index is 1160. The molecule has 0 aliphatic carbocycles. The number of aliphatic carboxylic acids is 1. The van der Waals surface area contributed by atoms with Gasteiger partial charge in [-0.2, -0.15) is 4.31 Å². The van der Waals surface area contributed by atoms with Crippen molar-refractivity contribution in [2.24, 2.45) is 0 Å². The van der Waals surface area contributed by atoms with Crippen molar-refractivity contribution in [2.45, 2.75) is 17.5 Å². The van der Waals surface area contributed by atoms with E-state index in [2.05, 4.69) is 5.32 Å². The molecule has 1 saturated heterocycles. The molecule has 2 N–H and O–H groups in total. The van der Waals surface area contributed by atoms with E-state index in [1.54, 1.807) is 17.0 Å². The minimum atomic E-state index is -3.69. The van der Waals surface area contributed by atoms with Gasteiger partial charge in [0.2, 0.25) is 10.0 Å². The molecule has 1 unspecified atom stereocenters. The molecule has 2 aromatic rings. The van der Waals surface area contributed by atoms with Gasteiger partial charge in [0.15, 0.2) is 9.84 Å². The third kappa shape index (κ3) is 7.24. The van der Waals surface area contributed by atoms with Crippen LogP contribution in [-0.2, 0) is 31.3 Å². The summed E-state index contributed by atoms with van der Waals surface area (Å²) in [4.78, 5) is 13.5. The molecule has 186 valence electrons. The Kier molecular flexibility index (Phi) is 8.66. The number of piperazine rings is 1. The van der Waals surface area contributed by atoms with E-state index in [1.165, 1.54) is 16.4 Å². The highest BCUT2D eigenvalue weighted by molar-refractivity contribution is 7.91. The summed E-state index contributed by atoms with van der Waals surface area (Å²) in [7, 11) is -7.02. The fraction of sp³-hybridized carbons (Fsp3) is 0.409. The molecule has 0 radical (unpaired) electrons. The SMILES string of the molecule is CS(=O)(=O)N1CCN(C(CNCS(=O)(=O)c2ccc(OCc3ccccc3)cc2)C(=O)O)CC1. The number of nitrogens with one attached hydrogen (secondary N) is 1. The largest absolute Gasteiger partial charge is 0.489 e. The molecule has 34 heavy (non-hydrogen) atoms. The molecule has 0 bridgehead atoms. The van der Waals surface area contributed by atoms with Crippen LogP contribution in [0.5, 0.6) is 5.75 Å². The van der Waals surface area contributed by atoms with Crippen molar-refractivity contribution >= 4 is 25.8 Å². The van der Waals surface area contributed by atoms with Crippen LogP contribution in [0.4, 0.5) is 0 Å². The van der Waals surface area contributed by atoms with Gasteiger partial charge in [0.05, 0.1) is 11.2 Å². The van der Waals surface area contributed by atoms with Crippen LogP contribution in [0.3, 0.4) is 0 Å². The monoisotopic (exact) mass is 511 g/mol. The van der Waals surface area contributed by atoms with E-state index in [0.29, 0.717) is 12.4 Å². The summed E-state index contributed by atoms with van der Waals surface area (Å²) in [5, 5.41) is 12.3. The molecule has 12 heteroatoms. The van der Waals surface area contributed by atoms with E-state index in [-0.39, 0.29) is 37.6 Å². The van der Waals surface area contributed by atoms with Gasteiger partial charge in [-0.3, -0.25) is 9.69 Å². The average Bonchev–Trinajstić information content (AvgIpc) is 2.81. The molecule has 1 atom stereocenters. The molecule has 1 aliphatic heterocycles. The number of hydrogen-bond acceptors (Lipinski definition) is 8. The van der Waals surface area contributed by atoms with E-state index < -0.39 is 37.7 Å². The maximum atomic E-state index is 12.7. The fourth-order valence-corrected chi connectivity index (χ4v) is 5.55. The minimum absolute atomic E-state index is 0.0916. The van der Waals surface area contributed by atoms with Gasteiger partial charge in [0, 0.05) is 32.7 Å². The van der Waals surface area contributed by atoms with E-state index in [9.17, 15) is 26.7 Å². The summed E-state index contributed by atoms with van der Waals surface area (Å²) in [5.74, 6) is -0.989.